The molecule has 1 fully saturated rings. The first-order chi connectivity index (χ1) is 10.2. The second-order valence-electron chi connectivity index (χ2n) is 5.96. The molecular weight excluding hydrogens is 262 g/mol. The standard InChI is InChI=1S/C17H27N3O/c1-20(16-9-3-2-4-10-16)13-15-8-6-5-7-14(15)12-19-17(21)11-18/h5-8,16H,2-4,9-13,18H2,1H3,(H,19,21). The molecule has 0 saturated heterocycles. The first-order valence-corrected chi connectivity index (χ1v) is 7.94. The lowest BCUT2D eigenvalue weighted by atomic mass is 9.94. The fourth-order valence-electron chi connectivity index (χ4n) is 3.07. The Kier molecular flexibility index (Phi) is 6.21. The molecule has 1 amide bonds. The Balaban J connectivity index is 1.96. The first kappa shape index (κ1) is 16.0. The molecule has 1 aliphatic carbocycles. The molecule has 1 aromatic carbocycles. The lowest BCUT2D eigenvalue weighted by Crippen LogP contribution is -2.34. The number of hydrogen-bond donors (Lipinski definition) is 2. The van der Waals surface area contributed by atoms with E-state index in [9.17, 15) is 4.79 Å². The summed E-state index contributed by atoms with van der Waals surface area (Å²) in [5.74, 6) is -0.106. The topological polar surface area (TPSA) is 58.4 Å². The molecule has 21 heavy (non-hydrogen) atoms. The van der Waals surface area contributed by atoms with Gasteiger partial charge in [0.25, 0.3) is 0 Å². The van der Waals surface area contributed by atoms with Gasteiger partial charge in [-0.1, -0.05) is 43.5 Å². The molecule has 2 rings (SSSR count). The minimum atomic E-state index is -0.106. The van der Waals surface area contributed by atoms with Gasteiger partial charge in [0, 0.05) is 19.1 Å². The molecule has 0 heterocycles. The van der Waals surface area contributed by atoms with Crippen molar-refractivity contribution in [3.63, 3.8) is 0 Å². The normalized spacial score (nSPS) is 16.1. The summed E-state index contributed by atoms with van der Waals surface area (Å²) in [4.78, 5) is 13.8. The molecule has 0 bridgehead atoms. The van der Waals surface area contributed by atoms with Crippen molar-refractivity contribution in [3.05, 3.63) is 35.4 Å². The Morgan fingerprint density at radius 3 is 2.57 bits per heavy atom. The third-order valence-electron chi connectivity index (χ3n) is 4.40. The third kappa shape index (κ3) is 4.83. The molecular formula is C17H27N3O. The van der Waals surface area contributed by atoms with E-state index in [1.54, 1.807) is 0 Å². The Morgan fingerprint density at radius 1 is 1.24 bits per heavy atom. The molecule has 0 spiro atoms. The van der Waals surface area contributed by atoms with Gasteiger partial charge in [-0.05, 0) is 31.0 Å². The van der Waals surface area contributed by atoms with Crippen molar-refractivity contribution in [2.24, 2.45) is 5.73 Å². The summed E-state index contributed by atoms with van der Waals surface area (Å²) in [6.45, 7) is 1.55. The zero-order chi connectivity index (χ0) is 15.1. The largest absolute Gasteiger partial charge is 0.351 e. The van der Waals surface area contributed by atoms with Gasteiger partial charge >= 0.3 is 0 Å². The van der Waals surface area contributed by atoms with Crippen LogP contribution in [-0.2, 0) is 17.9 Å². The second kappa shape index (κ2) is 8.15. The van der Waals surface area contributed by atoms with Gasteiger partial charge in [-0.15, -0.1) is 0 Å². The number of nitrogens with two attached hydrogens (primary N) is 1. The zero-order valence-electron chi connectivity index (χ0n) is 13.0. The highest BCUT2D eigenvalue weighted by molar-refractivity contribution is 5.77. The Labute approximate surface area is 127 Å². The molecule has 3 N–H and O–H groups in total. The van der Waals surface area contributed by atoms with E-state index < -0.39 is 0 Å². The maximum atomic E-state index is 11.3. The lowest BCUT2D eigenvalue weighted by Gasteiger charge is -2.31. The van der Waals surface area contributed by atoms with E-state index in [-0.39, 0.29) is 12.5 Å². The Hall–Kier alpha value is -1.39. The van der Waals surface area contributed by atoms with Crippen LogP contribution in [0.15, 0.2) is 24.3 Å². The van der Waals surface area contributed by atoms with E-state index in [0.29, 0.717) is 12.6 Å². The second-order valence-corrected chi connectivity index (χ2v) is 5.96. The number of carbonyl (C=O) groups is 1. The minimum absolute atomic E-state index is 0.0458. The molecule has 0 aromatic heterocycles. The molecule has 0 unspecified atom stereocenters. The number of amides is 1. The van der Waals surface area contributed by atoms with Crippen molar-refractivity contribution in [1.82, 2.24) is 10.2 Å². The van der Waals surface area contributed by atoms with Crippen LogP contribution >= 0.6 is 0 Å². The summed E-state index contributed by atoms with van der Waals surface area (Å²) in [6, 6.07) is 9.03. The van der Waals surface area contributed by atoms with Gasteiger partial charge in [0.2, 0.25) is 5.91 Å². The van der Waals surface area contributed by atoms with Gasteiger partial charge in [0.1, 0.15) is 0 Å². The predicted molar refractivity (Wildman–Crippen MR) is 85.7 cm³/mol. The van der Waals surface area contributed by atoms with Crippen LogP contribution in [0.5, 0.6) is 0 Å². The quantitative estimate of drug-likeness (QED) is 0.842. The van der Waals surface area contributed by atoms with Crippen molar-refractivity contribution >= 4 is 5.91 Å². The lowest BCUT2D eigenvalue weighted by molar-refractivity contribution is -0.119. The maximum Gasteiger partial charge on any atom is 0.234 e. The minimum Gasteiger partial charge on any atom is -0.351 e. The number of rotatable bonds is 6. The smallest absolute Gasteiger partial charge is 0.234 e. The van der Waals surface area contributed by atoms with E-state index in [1.165, 1.54) is 43.2 Å². The van der Waals surface area contributed by atoms with E-state index >= 15 is 0 Å². The number of nitrogens with zero attached hydrogens (tertiary/aromatic N) is 1. The van der Waals surface area contributed by atoms with Crippen LogP contribution in [0.25, 0.3) is 0 Å². The highest BCUT2D eigenvalue weighted by Crippen LogP contribution is 2.23. The van der Waals surface area contributed by atoms with Crippen LogP contribution in [0.1, 0.15) is 43.2 Å². The van der Waals surface area contributed by atoms with E-state index in [0.717, 1.165) is 6.54 Å². The molecule has 0 atom stereocenters. The van der Waals surface area contributed by atoms with Crippen molar-refractivity contribution in [3.8, 4) is 0 Å². The van der Waals surface area contributed by atoms with Gasteiger partial charge in [0.15, 0.2) is 0 Å². The van der Waals surface area contributed by atoms with Gasteiger partial charge < -0.3 is 11.1 Å². The highest BCUT2D eigenvalue weighted by Gasteiger charge is 2.18. The molecule has 4 heteroatoms. The van der Waals surface area contributed by atoms with Crippen LogP contribution in [-0.4, -0.2) is 30.4 Å². The van der Waals surface area contributed by atoms with E-state index in [1.807, 2.05) is 6.07 Å². The van der Waals surface area contributed by atoms with Gasteiger partial charge in [0.05, 0.1) is 6.54 Å². The SMILES string of the molecule is CN(Cc1ccccc1CNC(=O)CN)C1CCCCC1. The number of nitrogens with one attached hydrogen (secondary N) is 1. The predicted octanol–water partition coefficient (Wildman–Crippen LogP) is 2.03. The fraction of sp³-hybridized carbons (Fsp3) is 0.588. The average Bonchev–Trinajstić information content (AvgIpc) is 2.54. The summed E-state index contributed by atoms with van der Waals surface area (Å²) in [6.07, 6.45) is 6.70. The first-order valence-electron chi connectivity index (χ1n) is 7.94. The Bertz CT molecular complexity index is 455. The van der Waals surface area contributed by atoms with Crippen LogP contribution in [0, 0.1) is 0 Å². The summed E-state index contributed by atoms with van der Waals surface area (Å²) in [5, 5.41) is 2.86. The third-order valence-corrected chi connectivity index (χ3v) is 4.40. The molecule has 0 radical (unpaired) electrons. The van der Waals surface area contributed by atoms with E-state index in [4.69, 9.17) is 5.73 Å². The van der Waals surface area contributed by atoms with Crippen molar-refractivity contribution in [1.29, 1.82) is 0 Å². The van der Waals surface area contributed by atoms with Crippen LogP contribution in [0.4, 0.5) is 0 Å². The summed E-state index contributed by atoms with van der Waals surface area (Å²) in [5.41, 5.74) is 7.81. The molecule has 4 nitrogen and oxygen atoms in total. The fourth-order valence-corrected chi connectivity index (χ4v) is 3.07. The summed E-state index contributed by atoms with van der Waals surface area (Å²) >= 11 is 0. The van der Waals surface area contributed by atoms with Crippen molar-refractivity contribution < 1.29 is 4.79 Å². The summed E-state index contributed by atoms with van der Waals surface area (Å²) in [7, 11) is 2.21. The van der Waals surface area contributed by atoms with Crippen molar-refractivity contribution in [2.45, 2.75) is 51.2 Å². The van der Waals surface area contributed by atoms with Crippen LogP contribution < -0.4 is 11.1 Å². The van der Waals surface area contributed by atoms with Crippen LogP contribution in [0.3, 0.4) is 0 Å². The zero-order valence-corrected chi connectivity index (χ0v) is 13.0. The Morgan fingerprint density at radius 2 is 1.90 bits per heavy atom. The molecule has 1 aromatic rings. The maximum absolute atomic E-state index is 11.3. The molecule has 0 aliphatic heterocycles. The molecule has 1 saturated carbocycles. The number of carbonyl (C=O) groups excluding carboxylic acids is 1. The monoisotopic (exact) mass is 289 g/mol. The number of benzene rings is 1. The average molecular weight is 289 g/mol. The van der Waals surface area contributed by atoms with Crippen LogP contribution in [0.2, 0.25) is 0 Å². The highest BCUT2D eigenvalue weighted by atomic mass is 16.1. The van der Waals surface area contributed by atoms with E-state index in [2.05, 4.69) is 35.5 Å². The summed E-state index contributed by atoms with van der Waals surface area (Å²) < 4.78 is 0. The van der Waals surface area contributed by atoms with Gasteiger partial charge in [-0.2, -0.15) is 0 Å². The number of hydrogen-bond acceptors (Lipinski definition) is 3. The molecule has 116 valence electrons. The van der Waals surface area contributed by atoms with Crippen molar-refractivity contribution in [2.75, 3.05) is 13.6 Å². The van der Waals surface area contributed by atoms with Gasteiger partial charge in [-0.3, -0.25) is 9.69 Å². The molecule has 1 aliphatic rings. The van der Waals surface area contributed by atoms with Gasteiger partial charge in [-0.25, -0.2) is 0 Å².